The number of hydrogen-bond acceptors (Lipinski definition) is 8. The molecule has 38 heavy (non-hydrogen) atoms. The highest BCUT2D eigenvalue weighted by Crippen LogP contribution is 2.44. The zero-order valence-corrected chi connectivity index (χ0v) is 22.4. The Morgan fingerprint density at radius 3 is 2.18 bits per heavy atom. The fourth-order valence-corrected chi connectivity index (χ4v) is 4.80. The van der Waals surface area contributed by atoms with Crippen molar-refractivity contribution in [2.75, 3.05) is 33.8 Å². The molecule has 4 rings (SSSR count). The first-order valence-electron chi connectivity index (χ1n) is 11.7. The van der Waals surface area contributed by atoms with Crippen LogP contribution >= 0.6 is 11.5 Å². The second-order valence-corrected chi connectivity index (χ2v) is 9.09. The van der Waals surface area contributed by atoms with E-state index in [4.69, 9.17) is 18.9 Å². The summed E-state index contributed by atoms with van der Waals surface area (Å²) >= 11 is 1.32. The number of aromatic hydroxyl groups is 1. The van der Waals surface area contributed by atoms with Crippen molar-refractivity contribution < 1.29 is 34.6 Å². The van der Waals surface area contributed by atoms with Crippen molar-refractivity contribution in [3.8, 4) is 51.1 Å². The van der Waals surface area contributed by atoms with E-state index in [0.717, 1.165) is 27.9 Å². The maximum absolute atomic E-state index is 13.0. The number of methoxy groups -OCH3 is 4. The molecule has 1 atom stereocenters. The zero-order chi connectivity index (χ0) is 27.2. The van der Waals surface area contributed by atoms with Crippen LogP contribution in [0.4, 0.5) is 5.69 Å². The average molecular weight is 537 g/mol. The predicted molar refractivity (Wildman–Crippen MR) is 146 cm³/mol. The van der Waals surface area contributed by atoms with Crippen LogP contribution in [0, 0.1) is 0 Å². The van der Waals surface area contributed by atoms with E-state index in [-0.39, 0.29) is 11.7 Å². The molecule has 0 bridgehead atoms. The second kappa shape index (κ2) is 11.8. The van der Waals surface area contributed by atoms with Gasteiger partial charge in [-0.2, -0.15) is 4.37 Å². The van der Waals surface area contributed by atoms with Crippen LogP contribution in [-0.4, -0.2) is 49.9 Å². The highest BCUT2D eigenvalue weighted by molar-refractivity contribution is 7.04. The van der Waals surface area contributed by atoms with Gasteiger partial charge >= 0.3 is 0 Å². The monoisotopic (exact) mass is 536 g/mol. The molecular weight excluding hydrogens is 506 g/mol. The van der Waals surface area contributed by atoms with Gasteiger partial charge in [-0.25, -0.2) is 0 Å². The summed E-state index contributed by atoms with van der Waals surface area (Å²) in [5.41, 5.74) is 8.70. The molecule has 1 amide bonds. The Labute approximate surface area is 224 Å². The van der Waals surface area contributed by atoms with Gasteiger partial charge in [-0.15, -0.1) is 0 Å². The Balaban J connectivity index is 1.64. The summed E-state index contributed by atoms with van der Waals surface area (Å²) in [5, 5.41) is 14.4. The summed E-state index contributed by atoms with van der Waals surface area (Å²) in [6.07, 6.45) is 0.424. The number of benzene rings is 3. The third-order valence-electron chi connectivity index (χ3n) is 6.07. The van der Waals surface area contributed by atoms with Crippen LogP contribution in [-0.2, 0) is 11.2 Å². The summed E-state index contributed by atoms with van der Waals surface area (Å²) < 4.78 is 26.6. The summed E-state index contributed by atoms with van der Waals surface area (Å²) in [5.74, 6) is 2.00. The van der Waals surface area contributed by atoms with Gasteiger partial charge in [0.2, 0.25) is 5.75 Å². The van der Waals surface area contributed by atoms with E-state index in [9.17, 15) is 9.90 Å². The van der Waals surface area contributed by atoms with Crippen molar-refractivity contribution in [3.05, 3.63) is 65.5 Å². The summed E-state index contributed by atoms with van der Waals surface area (Å²) in [6.45, 7) is 0. The number of amides is 1. The molecule has 1 heterocycles. The minimum absolute atomic E-state index is 0.175. The van der Waals surface area contributed by atoms with E-state index in [2.05, 4.69) is 15.4 Å². The number of hydrogen-bond donors (Lipinski definition) is 3. The number of ether oxygens (including phenoxy) is 4. The fourth-order valence-electron chi connectivity index (χ4n) is 4.08. The van der Waals surface area contributed by atoms with Crippen molar-refractivity contribution in [1.82, 2.24) is 4.37 Å². The van der Waals surface area contributed by atoms with Crippen molar-refractivity contribution in [2.45, 2.75) is 12.5 Å². The Bertz CT molecular complexity index is 1400. The molecule has 0 aliphatic heterocycles. The highest BCUT2D eigenvalue weighted by Gasteiger charge is 2.22. The van der Waals surface area contributed by atoms with Crippen LogP contribution < -0.4 is 30.0 Å². The number of rotatable bonds is 10. The molecule has 0 radical (unpaired) electrons. The number of aromatic nitrogens is 1. The lowest BCUT2D eigenvalue weighted by atomic mass is 10.00. The molecule has 0 saturated heterocycles. The molecule has 10 heteroatoms. The Kier molecular flexibility index (Phi) is 8.35. The molecule has 198 valence electrons. The van der Waals surface area contributed by atoms with Crippen molar-refractivity contribution in [3.63, 3.8) is 0 Å². The number of carbonyl (C=O) groups is 1. The van der Waals surface area contributed by atoms with E-state index in [1.54, 1.807) is 58.8 Å². The molecular formula is C28H30N3O6S+. The molecule has 0 aliphatic carbocycles. The quantitative estimate of drug-likeness (QED) is 0.280. The minimum atomic E-state index is -0.550. The van der Waals surface area contributed by atoms with E-state index in [1.165, 1.54) is 11.5 Å². The molecule has 5 N–H and O–H groups in total. The van der Waals surface area contributed by atoms with E-state index in [1.807, 2.05) is 29.6 Å². The van der Waals surface area contributed by atoms with Gasteiger partial charge in [0.05, 0.1) is 39.8 Å². The smallest absolute Gasteiger partial charge is 0.282 e. The molecule has 0 saturated carbocycles. The number of phenols is 1. The predicted octanol–water partition coefficient (Wildman–Crippen LogP) is 4.01. The van der Waals surface area contributed by atoms with Crippen LogP contribution in [0.1, 0.15) is 5.56 Å². The molecule has 0 spiro atoms. The molecule has 3 aromatic carbocycles. The number of phenolic OH excluding ortho intramolecular Hbond substituents is 1. The van der Waals surface area contributed by atoms with Crippen LogP contribution in [0.15, 0.2) is 60.0 Å². The Morgan fingerprint density at radius 2 is 1.58 bits per heavy atom. The minimum Gasteiger partial charge on any atom is -0.508 e. The van der Waals surface area contributed by atoms with Gasteiger partial charge in [0.25, 0.3) is 5.91 Å². The zero-order valence-electron chi connectivity index (χ0n) is 21.6. The highest BCUT2D eigenvalue weighted by atomic mass is 32.1. The molecule has 0 aliphatic rings. The van der Waals surface area contributed by atoms with Gasteiger partial charge < -0.3 is 35.1 Å². The largest absolute Gasteiger partial charge is 0.508 e. The Hall–Kier alpha value is -4.28. The van der Waals surface area contributed by atoms with Crippen LogP contribution in [0.3, 0.4) is 0 Å². The van der Waals surface area contributed by atoms with Gasteiger partial charge in [0.1, 0.15) is 11.5 Å². The van der Waals surface area contributed by atoms with Crippen molar-refractivity contribution in [2.24, 2.45) is 0 Å². The van der Waals surface area contributed by atoms with Gasteiger partial charge in [-0.3, -0.25) is 4.79 Å². The molecule has 1 aromatic heterocycles. The number of nitrogens with one attached hydrogen (secondary N) is 1. The Morgan fingerprint density at radius 1 is 0.921 bits per heavy atom. The first-order chi connectivity index (χ1) is 18.4. The normalized spacial score (nSPS) is 11.5. The lowest BCUT2D eigenvalue weighted by molar-refractivity contribution is -0.402. The summed E-state index contributed by atoms with van der Waals surface area (Å²) in [4.78, 5) is 13.0. The lowest BCUT2D eigenvalue weighted by Gasteiger charge is -2.15. The van der Waals surface area contributed by atoms with Crippen LogP contribution in [0.2, 0.25) is 0 Å². The maximum Gasteiger partial charge on any atom is 0.282 e. The van der Waals surface area contributed by atoms with Crippen molar-refractivity contribution in [1.29, 1.82) is 0 Å². The van der Waals surface area contributed by atoms with E-state index in [0.29, 0.717) is 35.1 Å². The molecule has 9 nitrogen and oxygen atoms in total. The fraction of sp³-hybridized carbons (Fsp3) is 0.214. The van der Waals surface area contributed by atoms with Crippen LogP contribution in [0.5, 0.6) is 28.7 Å². The number of nitrogens with zero attached hydrogens (tertiary/aromatic N) is 1. The molecule has 0 fully saturated rings. The standard InChI is InChI=1S/C28H29N3O6S/c1-34-23-10-7-17(12-22(23)30-28(33)21(29)11-16-5-8-19(32)9-6-16)20-15-38-31-26(20)18-13-24(35-2)27(37-4)25(14-18)36-3/h5-10,12-15,21,32H,11,29H2,1-4H3,(H,30,33)/p+1/t21-/m1/s1. The SMILES string of the molecule is COc1ccc(-c2csnc2-c2cc(OC)c(OC)c(OC)c2)cc1NC(=O)[C@H]([NH3+])Cc1ccc(O)cc1. The number of quaternary nitrogens is 1. The van der Waals surface area contributed by atoms with Gasteiger partial charge in [-0.1, -0.05) is 18.2 Å². The van der Waals surface area contributed by atoms with Gasteiger partial charge in [0.15, 0.2) is 17.5 Å². The maximum atomic E-state index is 13.0. The third kappa shape index (κ3) is 5.66. The topological polar surface area (TPSA) is 127 Å². The molecule has 4 aromatic rings. The average Bonchev–Trinajstić information content (AvgIpc) is 3.43. The van der Waals surface area contributed by atoms with Gasteiger partial charge in [-0.05, 0) is 59.1 Å². The third-order valence-corrected chi connectivity index (χ3v) is 6.69. The number of anilines is 1. The summed E-state index contributed by atoms with van der Waals surface area (Å²) in [6, 6.07) is 15.5. The van der Waals surface area contributed by atoms with Gasteiger partial charge in [0, 0.05) is 22.9 Å². The lowest BCUT2D eigenvalue weighted by Crippen LogP contribution is -2.67. The van der Waals surface area contributed by atoms with E-state index >= 15 is 0 Å². The molecule has 0 unspecified atom stereocenters. The first-order valence-corrected chi connectivity index (χ1v) is 12.6. The first kappa shape index (κ1) is 26.8. The van der Waals surface area contributed by atoms with Crippen LogP contribution in [0.25, 0.3) is 22.4 Å². The van der Waals surface area contributed by atoms with Crippen molar-refractivity contribution >= 4 is 23.1 Å². The number of carbonyl (C=O) groups excluding carboxylic acids is 1. The van der Waals surface area contributed by atoms with E-state index < -0.39 is 6.04 Å². The summed E-state index contributed by atoms with van der Waals surface area (Å²) in [7, 11) is 6.25. The second-order valence-electron chi connectivity index (χ2n) is 8.46.